The van der Waals surface area contributed by atoms with Gasteiger partial charge in [-0.25, -0.2) is 9.97 Å². The molecular weight excluding hydrogens is 334 g/mol. The summed E-state index contributed by atoms with van der Waals surface area (Å²) in [4.78, 5) is 21.6. The van der Waals surface area contributed by atoms with E-state index in [2.05, 4.69) is 21.4 Å². The number of anilines is 1. The molecule has 7 heteroatoms. The third-order valence-electron chi connectivity index (χ3n) is 3.57. The molecule has 2 aromatic carbocycles. The van der Waals surface area contributed by atoms with Crippen LogP contribution in [-0.4, -0.2) is 36.7 Å². The summed E-state index contributed by atoms with van der Waals surface area (Å²) in [5.41, 5.74) is 1.68. The lowest BCUT2D eigenvalue weighted by Crippen LogP contribution is -2.15. The Morgan fingerprint density at radius 1 is 1.08 bits per heavy atom. The first-order valence-corrected chi connectivity index (χ1v) is 8.01. The molecule has 3 rings (SSSR count). The molecule has 0 saturated carbocycles. The molecular formula is C19H18N3O4. The quantitative estimate of drug-likeness (QED) is 0.734. The average Bonchev–Trinajstić information content (AvgIpc) is 2.68. The number of nitrogens with zero attached hydrogens (tertiary/aromatic N) is 2. The topological polar surface area (TPSA) is 82.6 Å². The van der Waals surface area contributed by atoms with E-state index in [0.717, 1.165) is 0 Å². The van der Waals surface area contributed by atoms with Crippen molar-refractivity contribution in [2.24, 2.45) is 0 Å². The van der Waals surface area contributed by atoms with Crippen LogP contribution in [0, 0.1) is 6.07 Å². The van der Waals surface area contributed by atoms with Crippen LogP contribution in [0.5, 0.6) is 17.4 Å². The summed E-state index contributed by atoms with van der Waals surface area (Å²) >= 11 is 0. The highest BCUT2D eigenvalue weighted by molar-refractivity contribution is 6.05. The minimum absolute atomic E-state index is 0.251. The van der Waals surface area contributed by atoms with Gasteiger partial charge < -0.3 is 19.5 Å². The predicted octanol–water partition coefficient (Wildman–Crippen LogP) is 3.10. The first-order chi connectivity index (χ1) is 12.6. The Morgan fingerprint density at radius 3 is 2.27 bits per heavy atom. The molecule has 0 atom stereocenters. The SMILES string of the molecule is CCOc1nc2ccccc2nc1NC(=O)c1cc(OC)[c]c(OC)c1. The second-order valence-electron chi connectivity index (χ2n) is 5.26. The molecule has 3 aromatic rings. The summed E-state index contributed by atoms with van der Waals surface area (Å²) in [6.45, 7) is 2.24. The molecule has 0 spiro atoms. The van der Waals surface area contributed by atoms with Gasteiger partial charge in [0.1, 0.15) is 11.5 Å². The highest BCUT2D eigenvalue weighted by Gasteiger charge is 2.16. The van der Waals surface area contributed by atoms with Gasteiger partial charge in [0.15, 0.2) is 5.82 Å². The molecule has 0 aliphatic carbocycles. The summed E-state index contributed by atoms with van der Waals surface area (Å²) < 4.78 is 15.8. The van der Waals surface area contributed by atoms with Crippen LogP contribution >= 0.6 is 0 Å². The number of nitrogens with one attached hydrogen (secondary N) is 1. The molecule has 1 radical (unpaired) electrons. The van der Waals surface area contributed by atoms with E-state index in [4.69, 9.17) is 14.2 Å². The van der Waals surface area contributed by atoms with Crippen LogP contribution in [0.25, 0.3) is 11.0 Å². The van der Waals surface area contributed by atoms with Crippen LogP contribution in [0.3, 0.4) is 0 Å². The fourth-order valence-corrected chi connectivity index (χ4v) is 2.35. The molecule has 1 N–H and O–H groups in total. The summed E-state index contributed by atoms with van der Waals surface area (Å²) in [6, 6.07) is 13.4. The predicted molar refractivity (Wildman–Crippen MR) is 97.0 cm³/mol. The Balaban J connectivity index is 1.97. The van der Waals surface area contributed by atoms with E-state index in [1.165, 1.54) is 14.2 Å². The second kappa shape index (κ2) is 7.69. The summed E-state index contributed by atoms with van der Waals surface area (Å²) in [5, 5.41) is 2.74. The Morgan fingerprint density at radius 2 is 1.69 bits per heavy atom. The first kappa shape index (κ1) is 17.5. The Kier molecular flexibility index (Phi) is 5.17. The average molecular weight is 352 g/mol. The van der Waals surface area contributed by atoms with Crippen LogP contribution in [0.2, 0.25) is 0 Å². The molecule has 0 aliphatic heterocycles. The molecule has 0 aliphatic rings. The zero-order valence-corrected chi connectivity index (χ0v) is 14.7. The van der Waals surface area contributed by atoms with Crippen molar-refractivity contribution < 1.29 is 19.0 Å². The molecule has 0 bridgehead atoms. The molecule has 1 heterocycles. The standard InChI is InChI=1S/C19H18N3O4/c1-4-26-19-17(20-15-7-5-6-8-16(15)21-19)22-18(23)12-9-13(24-2)11-14(10-12)25-3/h5-10H,4H2,1-3H3,(H,20,22,23). The van der Waals surface area contributed by atoms with E-state index in [1.807, 2.05) is 31.2 Å². The highest BCUT2D eigenvalue weighted by Crippen LogP contribution is 2.26. The molecule has 0 fully saturated rings. The van der Waals surface area contributed by atoms with Crippen molar-refractivity contribution in [3.8, 4) is 17.4 Å². The normalized spacial score (nSPS) is 10.4. The molecule has 26 heavy (non-hydrogen) atoms. The Labute approximate surface area is 150 Å². The van der Waals surface area contributed by atoms with Crippen LogP contribution in [-0.2, 0) is 0 Å². The first-order valence-electron chi connectivity index (χ1n) is 8.01. The fourth-order valence-electron chi connectivity index (χ4n) is 2.35. The highest BCUT2D eigenvalue weighted by atomic mass is 16.5. The Hall–Kier alpha value is -3.35. The van der Waals surface area contributed by atoms with Gasteiger partial charge in [0.25, 0.3) is 11.8 Å². The number of ether oxygens (including phenoxy) is 3. The van der Waals surface area contributed by atoms with Gasteiger partial charge in [0, 0.05) is 5.56 Å². The van der Waals surface area contributed by atoms with E-state index in [0.29, 0.717) is 34.7 Å². The lowest BCUT2D eigenvalue weighted by atomic mass is 10.2. The molecule has 133 valence electrons. The lowest BCUT2D eigenvalue weighted by Gasteiger charge is -2.12. The molecule has 0 saturated heterocycles. The van der Waals surface area contributed by atoms with E-state index < -0.39 is 0 Å². The van der Waals surface area contributed by atoms with Crippen molar-refractivity contribution in [2.45, 2.75) is 6.92 Å². The van der Waals surface area contributed by atoms with Gasteiger partial charge >= 0.3 is 0 Å². The van der Waals surface area contributed by atoms with Crippen molar-refractivity contribution in [1.82, 2.24) is 9.97 Å². The third kappa shape index (κ3) is 3.66. The maximum absolute atomic E-state index is 12.7. The van der Waals surface area contributed by atoms with Gasteiger partial charge in [-0.05, 0) is 31.2 Å². The number of para-hydroxylation sites is 2. The number of fused-ring (bicyclic) bond motifs is 1. The largest absolute Gasteiger partial charge is 0.496 e. The summed E-state index contributed by atoms with van der Waals surface area (Å²) in [5.74, 6) is 0.914. The maximum atomic E-state index is 12.7. The van der Waals surface area contributed by atoms with Gasteiger partial charge in [0.2, 0.25) is 0 Å². The zero-order valence-electron chi connectivity index (χ0n) is 14.7. The van der Waals surface area contributed by atoms with E-state index in [1.54, 1.807) is 12.1 Å². The van der Waals surface area contributed by atoms with Gasteiger partial charge in [-0.2, -0.15) is 0 Å². The van der Waals surface area contributed by atoms with E-state index >= 15 is 0 Å². The number of rotatable bonds is 6. The number of carbonyl (C=O) groups excluding carboxylic acids is 1. The van der Waals surface area contributed by atoms with Crippen LogP contribution < -0.4 is 19.5 Å². The number of carbonyl (C=O) groups is 1. The summed E-state index contributed by atoms with van der Waals surface area (Å²) in [7, 11) is 2.99. The summed E-state index contributed by atoms with van der Waals surface area (Å²) in [6.07, 6.45) is 0. The van der Waals surface area contributed by atoms with Crippen molar-refractivity contribution in [2.75, 3.05) is 26.1 Å². The molecule has 7 nitrogen and oxygen atoms in total. The third-order valence-corrected chi connectivity index (χ3v) is 3.57. The van der Waals surface area contributed by atoms with Crippen molar-refractivity contribution in [3.63, 3.8) is 0 Å². The van der Waals surface area contributed by atoms with Crippen molar-refractivity contribution in [3.05, 3.63) is 48.0 Å². The van der Waals surface area contributed by atoms with Crippen LogP contribution in [0.4, 0.5) is 5.82 Å². The number of benzene rings is 2. The Bertz CT molecular complexity index is 921. The van der Waals surface area contributed by atoms with E-state index in [-0.39, 0.29) is 17.6 Å². The van der Waals surface area contributed by atoms with Gasteiger partial charge in [-0.15, -0.1) is 0 Å². The number of hydrogen-bond donors (Lipinski definition) is 1. The number of amides is 1. The smallest absolute Gasteiger partial charge is 0.258 e. The lowest BCUT2D eigenvalue weighted by molar-refractivity contribution is 0.102. The van der Waals surface area contributed by atoms with Gasteiger partial charge in [0.05, 0.1) is 37.9 Å². The molecule has 1 amide bonds. The van der Waals surface area contributed by atoms with Crippen molar-refractivity contribution in [1.29, 1.82) is 0 Å². The van der Waals surface area contributed by atoms with Crippen molar-refractivity contribution >= 4 is 22.8 Å². The number of methoxy groups -OCH3 is 2. The number of hydrogen-bond acceptors (Lipinski definition) is 6. The van der Waals surface area contributed by atoms with Gasteiger partial charge in [-0.1, -0.05) is 12.1 Å². The monoisotopic (exact) mass is 352 g/mol. The molecule has 1 aromatic heterocycles. The molecule has 0 unspecified atom stereocenters. The van der Waals surface area contributed by atoms with E-state index in [9.17, 15) is 4.79 Å². The minimum atomic E-state index is -0.388. The zero-order chi connectivity index (χ0) is 18.5. The second-order valence-corrected chi connectivity index (χ2v) is 5.26. The minimum Gasteiger partial charge on any atom is -0.496 e. The maximum Gasteiger partial charge on any atom is 0.258 e. The van der Waals surface area contributed by atoms with Crippen LogP contribution in [0.15, 0.2) is 36.4 Å². The number of aromatic nitrogens is 2. The fraction of sp³-hybridized carbons (Fsp3) is 0.211. The van der Waals surface area contributed by atoms with Gasteiger partial charge in [-0.3, -0.25) is 4.79 Å². The van der Waals surface area contributed by atoms with Crippen LogP contribution in [0.1, 0.15) is 17.3 Å².